The van der Waals surface area contributed by atoms with E-state index in [0.29, 0.717) is 31.4 Å². The smallest absolute Gasteiger partial charge is 0.333 e. The van der Waals surface area contributed by atoms with Crippen molar-refractivity contribution in [3.8, 4) is 5.75 Å². The highest BCUT2D eigenvalue weighted by Gasteiger charge is 2.34. The Morgan fingerprint density at radius 1 is 1.03 bits per heavy atom. The maximum Gasteiger partial charge on any atom is 0.333 e. The number of rotatable bonds is 14. The van der Waals surface area contributed by atoms with Gasteiger partial charge in [-0.05, 0) is 30.5 Å². The van der Waals surface area contributed by atoms with Gasteiger partial charge in [-0.1, -0.05) is 12.5 Å². The van der Waals surface area contributed by atoms with Crippen LogP contribution in [-0.2, 0) is 35.3 Å². The zero-order valence-electron chi connectivity index (χ0n) is 21.3. The summed E-state index contributed by atoms with van der Waals surface area (Å²) in [7, 11) is 0. The van der Waals surface area contributed by atoms with E-state index in [9.17, 15) is 39.3 Å². The fourth-order valence-electron chi connectivity index (χ4n) is 4.11. The number of carbonyl (C=O) groups is 5. The van der Waals surface area contributed by atoms with Gasteiger partial charge >= 0.3 is 5.97 Å². The molecular formula is C26H33N3O10. The summed E-state index contributed by atoms with van der Waals surface area (Å²) < 4.78 is 11.1. The van der Waals surface area contributed by atoms with Gasteiger partial charge in [0.25, 0.3) is 11.8 Å². The minimum atomic E-state index is -1.23. The van der Waals surface area contributed by atoms with E-state index in [2.05, 4.69) is 10.6 Å². The number of nitrogens with one attached hydrogen (secondary N) is 2. The second-order valence-corrected chi connectivity index (χ2v) is 9.24. The second-order valence-electron chi connectivity index (χ2n) is 9.24. The number of carbonyl (C=O) groups excluding carboxylic acids is 4. The van der Waals surface area contributed by atoms with E-state index < -0.39 is 30.4 Å². The third kappa shape index (κ3) is 9.16. The number of unbranched alkanes of at least 4 members (excludes halogenated alkanes) is 2. The number of aliphatic carboxylic acids is 1. The zero-order valence-corrected chi connectivity index (χ0v) is 21.3. The molecule has 0 aliphatic carbocycles. The van der Waals surface area contributed by atoms with E-state index in [1.54, 1.807) is 6.07 Å². The van der Waals surface area contributed by atoms with Crippen LogP contribution in [0, 0.1) is 0 Å². The Morgan fingerprint density at radius 3 is 2.46 bits per heavy atom. The average Bonchev–Trinajstić information content (AvgIpc) is 3.21. The lowest BCUT2D eigenvalue weighted by Crippen LogP contribution is -2.42. The molecule has 3 atom stereocenters. The Hall–Kier alpha value is -3.81. The van der Waals surface area contributed by atoms with E-state index in [1.165, 1.54) is 24.3 Å². The summed E-state index contributed by atoms with van der Waals surface area (Å²) in [5, 5.41) is 34.0. The molecule has 1 fully saturated rings. The molecule has 4 amide bonds. The SMILES string of the molecule is O=C(CCCCCN1C(=O)C=CC1=O)NCCC(=O)Nc1cc(CO)ccc1OC1CC(O)C[C@@H](C(=O)O)O1. The number of benzene rings is 1. The normalized spacial score (nSPS) is 20.7. The van der Waals surface area contributed by atoms with Crippen LogP contribution < -0.4 is 15.4 Å². The van der Waals surface area contributed by atoms with Crippen molar-refractivity contribution >= 4 is 35.3 Å². The molecule has 2 aliphatic heterocycles. The van der Waals surface area contributed by atoms with E-state index in [1.807, 2.05) is 0 Å². The van der Waals surface area contributed by atoms with Crippen molar-refractivity contribution in [1.29, 1.82) is 0 Å². The number of aliphatic hydroxyl groups is 2. The molecule has 13 nitrogen and oxygen atoms in total. The van der Waals surface area contributed by atoms with Gasteiger partial charge in [0.05, 0.1) is 18.4 Å². The van der Waals surface area contributed by atoms with Gasteiger partial charge in [0.15, 0.2) is 6.10 Å². The molecule has 0 saturated carbocycles. The molecule has 5 N–H and O–H groups in total. The van der Waals surface area contributed by atoms with Gasteiger partial charge in [0.2, 0.25) is 18.1 Å². The molecule has 0 bridgehead atoms. The van der Waals surface area contributed by atoms with Gasteiger partial charge in [0, 0.05) is 50.9 Å². The number of hydrogen-bond acceptors (Lipinski definition) is 9. The number of amides is 4. The molecule has 2 unspecified atom stereocenters. The maximum atomic E-state index is 12.5. The van der Waals surface area contributed by atoms with Crippen molar-refractivity contribution in [2.24, 2.45) is 0 Å². The second kappa shape index (κ2) is 14.4. The molecule has 3 rings (SSSR count). The maximum absolute atomic E-state index is 12.5. The number of imide groups is 1. The Balaban J connectivity index is 1.41. The lowest BCUT2D eigenvalue weighted by molar-refractivity contribution is -0.195. The topological polar surface area (TPSA) is 192 Å². The summed E-state index contributed by atoms with van der Waals surface area (Å²) in [4.78, 5) is 60.0. The monoisotopic (exact) mass is 547 g/mol. The van der Waals surface area contributed by atoms with Gasteiger partial charge < -0.3 is 35.4 Å². The summed E-state index contributed by atoms with van der Waals surface area (Å²) in [5.41, 5.74) is 0.715. The van der Waals surface area contributed by atoms with Gasteiger partial charge in [-0.2, -0.15) is 0 Å². The number of aliphatic hydroxyl groups excluding tert-OH is 2. The Kier molecular flexibility index (Phi) is 11.0. The fourth-order valence-corrected chi connectivity index (χ4v) is 4.11. The summed E-state index contributed by atoms with van der Waals surface area (Å²) >= 11 is 0. The first kappa shape index (κ1) is 29.7. The molecule has 2 heterocycles. The van der Waals surface area contributed by atoms with Crippen LogP contribution in [0.25, 0.3) is 0 Å². The van der Waals surface area contributed by atoms with Crippen LogP contribution >= 0.6 is 0 Å². The van der Waals surface area contributed by atoms with Crippen LogP contribution in [-0.4, -0.2) is 81.4 Å². The number of hydrogen-bond donors (Lipinski definition) is 5. The number of carboxylic acid groups (broad SMARTS) is 1. The van der Waals surface area contributed by atoms with E-state index in [-0.39, 0.29) is 68.0 Å². The molecule has 0 radical (unpaired) electrons. The first-order chi connectivity index (χ1) is 18.7. The zero-order chi connectivity index (χ0) is 28.4. The van der Waals surface area contributed by atoms with Crippen molar-refractivity contribution in [2.75, 3.05) is 18.4 Å². The van der Waals surface area contributed by atoms with Gasteiger partial charge in [-0.25, -0.2) is 4.79 Å². The highest BCUT2D eigenvalue weighted by atomic mass is 16.7. The third-order valence-corrected chi connectivity index (χ3v) is 6.16. The minimum Gasteiger partial charge on any atom is -0.479 e. The van der Waals surface area contributed by atoms with Gasteiger partial charge in [0.1, 0.15) is 5.75 Å². The highest BCUT2D eigenvalue weighted by molar-refractivity contribution is 6.12. The van der Waals surface area contributed by atoms with Crippen molar-refractivity contribution in [3.05, 3.63) is 35.9 Å². The molecule has 2 aliphatic rings. The van der Waals surface area contributed by atoms with E-state index in [0.717, 1.165) is 4.90 Å². The molecule has 13 heteroatoms. The molecule has 1 saturated heterocycles. The standard InChI is InChI=1S/C26H33N3O10/c30-15-16-5-6-19(38-25-14-17(31)13-20(39-25)26(36)37)18(12-16)28-22(33)9-10-27-21(32)4-2-1-3-11-29-23(34)7-8-24(29)35/h5-8,12,17,20,25,30-31H,1-4,9-11,13-15H2,(H,27,32)(H,28,33)(H,36,37)/t17?,20-,25?/m0/s1. The molecule has 212 valence electrons. The highest BCUT2D eigenvalue weighted by Crippen LogP contribution is 2.30. The predicted octanol–water partition coefficient (Wildman–Crippen LogP) is 0.439. The van der Waals surface area contributed by atoms with Crippen LogP contribution in [0.2, 0.25) is 0 Å². The number of ether oxygens (including phenoxy) is 2. The van der Waals surface area contributed by atoms with E-state index in [4.69, 9.17) is 9.47 Å². The van der Waals surface area contributed by atoms with Gasteiger partial charge in [-0.3, -0.25) is 24.1 Å². The first-order valence-corrected chi connectivity index (χ1v) is 12.7. The van der Waals surface area contributed by atoms with Crippen molar-refractivity contribution in [2.45, 2.75) is 70.1 Å². The summed E-state index contributed by atoms with van der Waals surface area (Å²) in [6.07, 6.45) is 1.23. The third-order valence-electron chi connectivity index (χ3n) is 6.16. The minimum absolute atomic E-state index is 0.0384. The van der Waals surface area contributed by atoms with Gasteiger partial charge in [-0.15, -0.1) is 0 Å². The molecule has 0 aromatic heterocycles. The molecule has 1 aromatic rings. The number of carboxylic acids is 1. The summed E-state index contributed by atoms with van der Waals surface area (Å²) in [5.74, 6) is -2.37. The predicted molar refractivity (Wildman–Crippen MR) is 135 cm³/mol. The number of nitrogens with zero attached hydrogens (tertiary/aromatic N) is 1. The largest absolute Gasteiger partial charge is 0.479 e. The number of anilines is 1. The van der Waals surface area contributed by atoms with Crippen LogP contribution in [0.1, 0.15) is 50.5 Å². The van der Waals surface area contributed by atoms with E-state index >= 15 is 0 Å². The van der Waals surface area contributed by atoms with Crippen molar-refractivity contribution in [3.63, 3.8) is 0 Å². The van der Waals surface area contributed by atoms with Crippen molar-refractivity contribution < 1.29 is 48.8 Å². The molecule has 39 heavy (non-hydrogen) atoms. The first-order valence-electron chi connectivity index (χ1n) is 12.7. The van der Waals surface area contributed by atoms with Crippen LogP contribution in [0.3, 0.4) is 0 Å². The lowest BCUT2D eigenvalue weighted by Gasteiger charge is -2.31. The van der Waals surface area contributed by atoms with Crippen LogP contribution in [0.4, 0.5) is 5.69 Å². The quantitative estimate of drug-likeness (QED) is 0.161. The molecule has 0 spiro atoms. The molecular weight excluding hydrogens is 514 g/mol. The van der Waals surface area contributed by atoms with Crippen molar-refractivity contribution in [1.82, 2.24) is 10.2 Å². The Labute approximate surface area is 224 Å². The Bertz CT molecular complexity index is 1090. The van der Waals surface area contributed by atoms with Crippen LogP contribution in [0.15, 0.2) is 30.4 Å². The lowest BCUT2D eigenvalue weighted by atomic mass is 10.1. The van der Waals surface area contributed by atoms with Crippen LogP contribution in [0.5, 0.6) is 5.75 Å². The average molecular weight is 548 g/mol. The summed E-state index contributed by atoms with van der Waals surface area (Å²) in [6, 6.07) is 4.56. The summed E-state index contributed by atoms with van der Waals surface area (Å²) in [6.45, 7) is 0.102. The fraction of sp³-hybridized carbons (Fsp3) is 0.500. The molecule has 1 aromatic carbocycles. The Morgan fingerprint density at radius 2 is 1.77 bits per heavy atom.